The molecular weight excluding hydrogens is 255 g/mol. The van der Waals surface area contributed by atoms with Crippen molar-refractivity contribution in [3.8, 4) is 0 Å². The first-order valence-corrected chi connectivity index (χ1v) is 6.37. The minimum absolute atomic E-state index is 0.0742. The summed E-state index contributed by atoms with van der Waals surface area (Å²) in [4.78, 5) is 1.73. The highest BCUT2D eigenvalue weighted by Gasteiger charge is 2.44. The van der Waals surface area contributed by atoms with Gasteiger partial charge in [-0.25, -0.2) is 0 Å². The molecule has 4 nitrogen and oxygen atoms in total. The molecule has 0 aromatic carbocycles. The molecule has 1 heterocycles. The zero-order valence-electron chi connectivity index (χ0n) is 9.44. The number of nitrogens with two attached hydrogens (primary N) is 1. The van der Waals surface area contributed by atoms with Crippen molar-refractivity contribution >= 4 is 17.6 Å². The first kappa shape index (κ1) is 14.4. The fourth-order valence-corrected chi connectivity index (χ4v) is 2.78. The highest BCUT2D eigenvalue weighted by atomic mass is 32.2. The molecule has 1 rings (SSSR count). The predicted octanol–water partition coefficient (Wildman–Crippen LogP) is 1.35. The highest BCUT2D eigenvalue weighted by molar-refractivity contribution is 7.99. The first-order chi connectivity index (χ1) is 7.86. The molecule has 0 radical (unpaired) electrons. The van der Waals surface area contributed by atoms with Gasteiger partial charge in [-0.3, -0.25) is 4.90 Å². The molecule has 100 valence electrons. The van der Waals surface area contributed by atoms with Crippen LogP contribution in [0.25, 0.3) is 0 Å². The topological polar surface area (TPSA) is 61.8 Å². The van der Waals surface area contributed by atoms with E-state index in [0.717, 1.165) is 11.5 Å². The molecule has 1 aliphatic heterocycles. The van der Waals surface area contributed by atoms with Crippen LogP contribution in [0, 0.1) is 5.92 Å². The van der Waals surface area contributed by atoms with Gasteiger partial charge >= 0.3 is 6.18 Å². The summed E-state index contributed by atoms with van der Waals surface area (Å²) in [5, 5.41) is 10.9. The van der Waals surface area contributed by atoms with Crippen LogP contribution >= 0.6 is 11.8 Å². The summed E-state index contributed by atoms with van der Waals surface area (Å²) in [7, 11) is 0. The van der Waals surface area contributed by atoms with Crippen LogP contribution in [0.3, 0.4) is 0 Å². The van der Waals surface area contributed by atoms with Crippen LogP contribution in [0.4, 0.5) is 13.2 Å². The van der Waals surface area contributed by atoms with Crippen molar-refractivity contribution in [2.45, 2.75) is 19.1 Å². The van der Waals surface area contributed by atoms with Gasteiger partial charge in [0.05, 0.1) is 0 Å². The molecule has 2 atom stereocenters. The molecule has 0 aliphatic carbocycles. The Bertz CT molecular complexity index is 285. The van der Waals surface area contributed by atoms with Gasteiger partial charge in [-0.1, -0.05) is 5.16 Å². The highest BCUT2D eigenvalue weighted by Crippen LogP contribution is 2.29. The van der Waals surface area contributed by atoms with Gasteiger partial charge in [0.15, 0.2) is 5.84 Å². The average Bonchev–Trinajstić information content (AvgIpc) is 2.25. The van der Waals surface area contributed by atoms with E-state index in [4.69, 9.17) is 10.9 Å². The van der Waals surface area contributed by atoms with Gasteiger partial charge in [-0.15, -0.1) is 0 Å². The summed E-state index contributed by atoms with van der Waals surface area (Å²) in [6.45, 7) is 2.23. The Morgan fingerprint density at radius 1 is 1.65 bits per heavy atom. The fourth-order valence-electron chi connectivity index (χ4n) is 1.70. The second-order valence-electron chi connectivity index (χ2n) is 4.04. The smallest absolute Gasteiger partial charge is 0.400 e. The van der Waals surface area contributed by atoms with Gasteiger partial charge in [-0.2, -0.15) is 24.9 Å². The van der Waals surface area contributed by atoms with Crippen LogP contribution in [0.5, 0.6) is 0 Å². The predicted molar refractivity (Wildman–Crippen MR) is 61.3 cm³/mol. The number of hydrogen-bond donors (Lipinski definition) is 2. The van der Waals surface area contributed by atoms with Crippen LogP contribution in [-0.4, -0.2) is 52.8 Å². The van der Waals surface area contributed by atoms with Crippen molar-refractivity contribution in [1.82, 2.24) is 4.90 Å². The summed E-state index contributed by atoms with van der Waals surface area (Å²) >= 11 is 1.72. The number of nitrogens with zero attached hydrogens (tertiary/aromatic N) is 2. The SMILES string of the molecule is CC1CSCCN1CC(C(N)=NO)C(F)(F)F. The number of halogens is 3. The second kappa shape index (κ2) is 5.81. The quantitative estimate of drug-likeness (QED) is 0.352. The van der Waals surface area contributed by atoms with E-state index in [1.54, 1.807) is 16.7 Å². The summed E-state index contributed by atoms with van der Waals surface area (Å²) < 4.78 is 38.2. The molecule has 3 N–H and O–H groups in total. The molecule has 0 amide bonds. The van der Waals surface area contributed by atoms with E-state index in [0.29, 0.717) is 6.54 Å². The fraction of sp³-hybridized carbons (Fsp3) is 0.889. The van der Waals surface area contributed by atoms with Crippen molar-refractivity contribution in [1.29, 1.82) is 0 Å². The third kappa shape index (κ3) is 3.95. The molecule has 0 aromatic rings. The van der Waals surface area contributed by atoms with Crippen LogP contribution in [-0.2, 0) is 0 Å². The maximum absolute atomic E-state index is 12.7. The van der Waals surface area contributed by atoms with E-state index in [9.17, 15) is 13.2 Å². The summed E-state index contributed by atoms with van der Waals surface area (Å²) in [5.74, 6) is -1.06. The normalized spacial score (nSPS) is 25.9. The zero-order valence-corrected chi connectivity index (χ0v) is 10.3. The number of thioether (sulfide) groups is 1. The van der Waals surface area contributed by atoms with Crippen molar-refractivity contribution in [2.24, 2.45) is 16.8 Å². The Hall–Kier alpha value is -0.630. The van der Waals surface area contributed by atoms with Gasteiger partial charge in [0.1, 0.15) is 5.92 Å². The van der Waals surface area contributed by atoms with Crippen molar-refractivity contribution < 1.29 is 18.4 Å². The Kier molecular flexibility index (Phi) is 4.93. The summed E-state index contributed by atoms with van der Waals surface area (Å²) in [6, 6.07) is 0.0742. The lowest BCUT2D eigenvalue weighted by Crippen LogP contribution is -2.49. The number of rotatable bonds is 3. The van der Waals surface area contributed by atoms with Crippen LogP contribution in [0.15, 0.2) is 5.16 Å². The van der Waals surface area contributed by atoms with Gasteiger partial charge in [0.25, 0.3) is 0 Å². The Labute approximate surface area is 102 Å². The number of oxime groups is 1. The number of amidine groups is 1. The third-order valence-corrected chi connectivity index (χ3v) is 3.98. The Morgan fingerprint density at radius 2 is 2.29 bits per heavy atom. The zero-order chi connectivity index (χ0) is 13.1. The van der Waals surface area contributed by atoms with Gasteiger partial charge in [-0.05, 0) is 6.92 Å². The molecule has 8 heteroatoms. The van der Waals surface area contributed by atoms with E-state index >= 15 is 0 Å². The average molecular weight is 271 g/mol. The first-order valence-electron chi connectivity index (χ1n) is 5.22. The lowest BCUT2D eigenvalue weighted by molar-refractivity contribution is -0.161. The van der Waals surface area contributed by atoms with Crippen molar-refractivity contribution in [3.63, 3.8) is 0 Å². The minimum atomic E-state index is -4.49. The lowest BCUT2D eigenvalue weighted by atomic mass is 10.1. The van der Waals surface area contributed by atoms with Crippen LogP contribution < -0.4 is 5.73 Å². The van der Waals surface area contributed by atoms with E-state index in [1.165, 1.54) is 0 Å². The molecule has 17 heavy (non-hydrogen) atoms. The standard InChI is InChI=1S/C9H16F3N3OS/c1-6-5-17-3-2-15(6)4-7(8(13)14-16)9(10,11)12/h6-7,16H,2-5H2,1H3,(H2,13,14). The number of alkyl halides is 3. The van der Waals surface area contributed by atoms with E-state index in [-0.39, 0.29) is 12.6 Å². The van der Waals surface area contributed by atoms with Gasteiger partial charge in [0.2, 0.25) is 0 Å². The molecule has 0 aromatic heterocycles. The molecule has 0 spiro atoms. The van der Waals surface area contributed by atoms with Crippen LogP contribution in [0.1, 0.15) is 6.92 Å². The summed E-state index contributed by atoms with van der Waals surface area (Å²) in [5.41, 5.74) is 5.11. The second-order valence-corrected chi connectivity index (χ2v) is 5.19. The van der Waals surface area contributed by atoms with E-state index in [1.807, 2.05) is 6.92 Å². The molecule has 1 fully saturated rings. The Balaban J connectivity index is 2.72. The molecule has 0 saturated carbocycles. The van der Waals surface area contributed by atoms with Crippen LogP contribution in [0.2, 0.25) is 0 Å². The minimum Gasteiger partial charge on any atom is -0.409 e. The maximum Gasteiger partial charge on any atom is 0.400 e. The van der Waals surface area contributed by atoms with E-state index < -0.39 is 17.9 Å². The monoisotopic (exact) mass is 271 g/mol. The third-order valence-electron chi connectivity index (χ3n) is 2.79. The molecular formula is C9H16F3N3OS. The number of hydrogen-bond acceptors (Lipinski definition) is 4. The maximum atomic E-state index is 12.7. The lowest BCUT2D eigenvalue weighted by Gasteiger charge is -2.35. The summed E-state index contributed by atoms with van der Waals surface area (Å²) in [6.07, 6.45) is -4.49. The molecule has 1 aliphatic rings. The molecule has 0 bridgehead atoms. The van der Waals surface area contributed by atoms with Crippen molar-refractivity contribution in [2.75, 3.05) is 24.6 Å². The van der Waals surface area contributed by atoms with Gasteiger partial charge in [0, 0.05) is 30.6 Å². The molecule has 1 saturated heterocycles. The van der Waals surface area contributed by atoms with Gasteiger partial charge < -0.3 is 10.9 Å². The van der Waals surface area contributed by atoms with Crippen molar-refractivity contribution in [3.05, 3.63) is 0 Å². The Morgan fingerprint density at radius 3 is 2.76 bits per heavy atom. The van der Waals surface area contributed by atoms with E-state index in [2.05, 4.69) is 5.16 Å². The largest absolute Gasteiger partial charge is 0.409 e. The molecule has 2 unspecified atom stereocenters.